The number of aryl methyl sites for hydroxylation is 1. The van der Waals surface area contributed by atoms with Gasteiger partial charge in [-0.15, -0.1) is 10.2 Å². The molecule has 142 valence electrons. The number of aromatic nitrogens is 4. The van der Waals surface area contributed by atoms with Crippen molar-refractivity contribution in [3.05, 3.63) is 41.9 Å². The van der Waals surface area contributed by atoms with Crippen molar-refractivity contribution >= 4 is 11.3 Å². The van der Waals surface area contributed by atoms with Crippen molar-refractivity contribution in [1.29, 1.82) is 0 Å². The molecule has 8 nitrogen and oxygen atoms in total. The first-order valence-electron chi connectivity index (χ1n) is 9.04. The molecule has 0 amide bonds. The fraction of sp³-hybridized carbons (Fsp3) is 0.421. The van der Waals surface area contributed by atoms with E-state index in [0.29, 0.717) is 0 Å². The number of ether oxygens (including phenoxy) is 2. The van der Waals surface area contributed by atoms with Crippen LogP contribution in [0.4, 0.5) is 5.69 Å². The lowest BCUT2D eigenvalue weighted by Crippen LogP contribution is -2.46. The van der Waals surface area contributed by atoms with E-state index < -0.39 is 0 Å². The predicted molar refractivity (Wildman–Crippen MR) is 103 cm³/mol. The van der Waals surface area contributed by atoms with Crippen molar-refractivity contribution in [2.24, 2.45) is 0 Å². The first-order chi connectivity index (χ1) is 13.2. The van der Waals surface area contributed by atoms with Crippen LogP contribution in [0.3, 0.4) is 0 Å². The van der Waals surface area contributed by atoms with Crippen molar-refractivity contribution in [2.75, 3.05) is 45.3 Å². The number of methoxy groups -OCH3 is 2. The summed E-state index contributed by atoms with van der Waals surface area (Å²) < 4.78 is 12.6. The lowest BCUT2D eigenvalue weighted by atomic mass is 10.1. The zero-order chi connectivity index (χ0) is 18.8. The van der Waals surface area contributed by atoms with Gasteiger partial charge in [-0.25, -0.2) is 0 Å². The third-order valence-electron chi connectivity index (χ3n) is 4.97. The van der Waals surface area contributed by atoms with Crippen LogP contribution < -0.4 is 14.4 Å². The summed E-state index contributed by atoms with van der Waals surface area (Å²) in [6, 6.07) is 8.03. The highest BCUT2D eigenvalue weighted by molar-refractivity contribution is 5.68. The largest absolute Gasteiger partial charge is 0.497 e. The summed E-state index contributed by atoms with van der Waals surface area (Å²) in [5.74, 6) is 1.75. The van der Waals surface area contributed by atoms with Gasteiger partial charge in [0.25, 0.3) is 0 Å². The van der Waals surface area contributed by atoms with Gasteiger partial charge in [0.15, 0.2) is 0 Å². The summed E-state index contributed by atoms with van der Waals surface area (Å²) in [5.41, 5.74) is 4.01. The van der Waals surface area contributed by atoms with E-state index in [2.05, 4.69) is 37.2 Å². The Morgan fingerprint density at radius 2 is 1.85 bits per heavy atom. The van der Waals surface area contributed by atoms with Crippen LogP contribution in [0.25, 0.3) is 5.65 Å². The second-order valence-electron chi connectivity index (χ2n) is 6.71. The molecule has 8 heteroatoms. The molecule has 3 heterocycles. The number of benzene rings is 1. The van der Waals surface area contributed by atoms with E-state index in [1.54, 1.807) is 25.1 Å². The van der Waals surface area contributed by atoms with Gasteiger partial charge >= 0.3 is 0 Å². The van der Waals surface area contributed by atoms with Crippen molar-refractivity contribution in [2.45, 2.75) is 13.5 Å². The molecule has 0 N–H and O–H groups in total. The third kappa shape index (κ3) is 3.52. The molecule has 0 radical (unpaired) electrons. The van der Waals surface area contributed by atoms with Crippen LogP contribution in [0.2, 0.25) is 0 Å². The van der Waals surface area contributed by atoms with E-state index in [1.165, 1.54) is 0 Å². The van der Waals surface area contributed by atoms with Gasteiger partial charge in [-0.3, -0.25) is 4.90 Å². The fourth-order valence-electron chi connectivity index (χ4n) is 3.56. The number of hydrogen-bond acceptors (Lipinski definition) is 7. The Morgan fingerprint density at radius 1 is 1.04 bits per heavy atom. The number of anilines is 1. The van der Waals surface area contributed by atoms with Crippen LogP contribution >= 0.6 is 0 Å². The molecule has 0 bridgehead atoms. The van der Waals surface area contributed by atoms with Crippen LogP contribution in [-0.2, 0) is 6.54 Å². The van der Waals surface area contributed by atoms with E-state index in [1.807, 2.05) is 19.1 Å². The molecule has 0 atom stereocenters. The SMILES string of the molecule is COc1ccc(OC)c(CN2CCN(c3cc(C)nn4cnnc34)CC2)c1. The Labute approximate surface area is 158 Å². The van der Waals surface area contributed by atoms with Crippen molar-refractivity contribution in [3.63, 3.8) is 0 Å². The van der Waals surface area contributed by atoms with Crippen LogP contribution in [0, 0.1) is 6.92 Å². The van der Waals surface area contributed by atoms with Gasteiger partial charge < -0.3 is 14.4 Å². The summed E-state index contributed by atoms with van der Waals surface area (Å²) in [4.78, 5) is 4.79. The average molecular weight is 368 g/mol. The Hall–Kier alpha value is -2.87. The molecule has 0 unspecified atom stereocenters. The molecule has 0 aliphatic carbocycles. The quantitative estimate of drug-likeness (QED) is 0.680. The smallest absolute Gasteiger partial charge is 0.200 e. The predicted octanol–water partition coefficient (Wildman–Crippen LogP) is 1.77. The Morgan fingerprint density at radius 3 is 2.59 bits per heavy atom. The Balaban J connectivity index is 1.47. The van der Waals surface area contributed by atoms with Crippen LogP contribution in [0.15, 0.2) is 30.6 Å². The molecule has 1 aromatic carbocycles. The zero-order valence-corrected chi connectivity index (χ0v) is 15.9. The minimum absolute atomic E-state index is 0.809. The Kier molecular flexibility index (Phi) is 4.81. The molecular weight excluding hydrogens is 344 g/mol. The highest BCUT2D eigenvalue weighted by Gasteiger charge is 2.21. The zero-order valence-electron chi connectivity index (χ0n) is 15.9. The van der Waals surface area contributed by atoms with E-state index >= 15 is 0 Å². The topological polar surface area (TPSA) is 68.0 Å². The number of fused-ring (bicyclic) bond motifs is 1. The van der Waals surface area contributed by atoms with Gasteiger partial charge in [0, 0.05) is 38.3 Å². The van der Waals surface area contributed by atoms with Gasteiger partial charge in [0.1, 0.15) is 17.8 Å². The average Bonchev–Trinajstić information content (AvgIpc) is 3.16. The highest BCUT2D eigenvalue weighted by Crippen LogP contribution is 2.27. The maximum Gasteiger partial charge on any atom is 0.200 e. The molecule has 1 saturated heterocycles. The molecule has 1 fully saturated rings. The van der Waals surface area contributed by atoms with E-state index in [-0.39, 0.29) is 0 Å². The molecule has 2 aromatic heterocycles. The molecular formula is C19H24N6O2. The van der Waals surface area contributed by atoms with Crippen LogP contribution in [0.1, 0.15) is 11.3 Å². The second-order valence-corrected chi connectivity index (χ2v) is 6.71. The minimum atomic E-state index is 0.809. The standard InChI is InChI=1S/C19H24N6O2/c1-14-10-17(19-21-20-13-25(19)22-14)24-8-6-23(7-9-24)12-15-11-16(26-2)4-5-18(15)27-3/h4-5,10-11,13H,6-9,12H2,1-3H3. The molecule has 1 aliphatic rings. The molecule has 3 aromatic rings. The lowest BCUT2D eigenvalue weighted by Gasteiger charge is -2.36. The summed E-state index contributed by atoms with van der Waals surface area (Å²) in [6.07, 6.45) is 1.65. The molecule has 4 rings (SSSR count). The van der Waals surface area contributed by atoms with Crippen molar-refractivity contribution < 1.29 is 9.47 Å². The second kappa shape index (κ2) is 7.40. The molecule has 27 heavy (non-hydrogen) atoms. The number of rotatable bonds is 5. The number of hydrogen-bond donors (Lipinski definition) is 0. The normalized spacial score (nSPS) is 15.3. The minimum Gasteiger partial charge on any atom is -0.497 e. The summed E-state index contributed by atoms with van der Waals surface area (Å²) >= 11 is 0. The lowest BCUT2D eigenvalue weighted by molar-refractivity contribution is 0.245. The summed E-state index contributed by atoms with van der Waals surface area (Å²) in [7, 11) is 3.39. The maximum atomic E-state index is 5.51. The van der Waals surface area contributed by atoms with E-state index in [0.717, 1.165) is 66.8 Å². The van der Waals surface area contributed by atoms with Crippen LogP contribution in [0.5, 0.6) is 11.5 Å². The first-order valence-corrected chi connectivity index (χ1v) is 9.04. The molecule has 0 spiro atoms. The Bertz CT molecular complexity index is 933. The van der Waals surface area contributed by atoms with Gasteiger partial charge in [-0.1, -0.05) is 0 Å². The van der Waals surface area contributed by atoms with E-state index in [4.69, 9.17) is 9.47 Å². The van der Waals surface area contributed by atoms with Crippen LogP contribution in [-0.4, -0.2) is 65.1 Å². The highest BCUT2D eigenvalue weighted by atomic mass is 16.5. The van der Waals surface area contributed by atoms with Gasteiger partial charge in [-0.2, -0.15) is 9.61 Å². The van der Waals surface area contributed by atoms with Gasteiger partial charge in [0.2, 0.25) is 5.65 Å². The van der Waals surface area contributed by atoms with Crippen molar-refractivity contribution in [1.82, 2.24) is 24.7 Å². The van der Waals surface area contributed by atoms with Crippen molar-refractivity contribution in [3.8, 4) is 11.5 Å². The van der Waals surface area contributed by atoms with Gasteiger partial charge in [-0.05, 0) is 31.2 Å². The number of nitrogens with zero attached hydrogens (tertiary/aromatic N) is 6. The maximum absolute atomic E-state index is 5.51. The fourth-order valence-corrected chi connectivity index (χ4v) is 3.56. The monoisotopic (exact) mass is 368 g/mol. The molecule has 1 aliphatic heterocycles. The molecule has 0 saturated carbocycles. The third-order valence-corrected chi connectivity index (χ3v) is 4.97. The van der Waals surface area contributed by atoms with E-state index in [9.17, 15) is 0 Å². The summed E-state index contributed by atoms with van der Waals surface area (Å²) in [5, 5.41) is 12.6. The first kappa shape index (κ1) is 17.5. The number of piperazine rings is 1. The van der Waals surface area contributed by atoms with Gasteiger partial charge in [0.05, 0.1) is 25.6 Å². The summed E-state index contributed by atoms with van der Waals surface area (Å²) in [6.45, 7) is 6.61.